The molecular weight excluding hydrogens is 324 g/mol. The van der Waals surface area contributed by atoms with E-state index in [4.69, 9.17) is 0 Å². The number of rotatable bonds is 3. The number of pyridine rings is 1. The minimum absolute atomic E-state index is 0.373. The van der Waals surface area contributed by atoms with Crippen molar-refractivity contribution in [2.75, 3.05) is 0 Å². The predicted octanol–water partition coefficient (Wildman–Crippen LogP) is 2.75. The lowest BCUT2D eigenvalue weighted by Gasteiger charge is -2.29. The largest absolute Gasteiger partial charge is 0.480 e. The predicted molar refractivity (Wildman–Crippen MR) is 77.5 cm³/mol. The molecule has 20 heavy (non-hydrogen) atoms. The first-order chi connectivity index (χ1) is 9.53. The maximum Gasteiger partial charge on any atom is 0.329 e. The van der Waals surface area contributed by atoms with Gasteiger partial charge in [-0.05, 0) is 40.9 Å². The summed E-state index contributed by atoms with van der Waals surface area (Å²) in [5.41, 5.74) is -0.765. The van der Waals surface area contributed by atoms with E-state index >= 15 is 0 Å². The fourth-order valence-electron chi connectivity index (χ4n) is 2.52. The molecule has 0 spiro atoms. The highest BCUT2D eigenvalue weighted by Crippen LogP contribution is 2.28. The van der Waals surface area contributed by atoms with Gasteiger partial charge in [-0.3, -0.25) is 4.79 Å². The van der Waals surface area contributed by atoms with Gasteiger partial charge in [0.25, 0.3) is 5.91 Å². The van der Waals surface area contributed by atoms with Gasteiger partial charge in [-0.25, -0.2) is 9.78 Å². The monoisotopic (exact) mass is 340 g/mol. The van der Waals surface area contributed by atoms with Crippen molar-refractivity contribution in [3.63, 3.8) is 0 Å². The molecule has 0 aromatic carbocycles. The van der Waals surface area contributed by atoms with Crippen LogP contribution in [0.3, 0.4) is 0 Å². The van der Waals surface area contributed by atoms with E-state index in [1.54, 1.807) is 12.1 Å². The molecule has 108 valence electrons. The summed E-state index contributed by atoms with van der Waals surface area (Å²) < 4.78 is 0.636. The van der Waals surface area contributed by atoms with Crippen molar-refractivity contribution in [1.82, 2.24) is 10.3 Å². The van der Waals surface area contributed by atoms with E-state index in [9.17, 15) is 14.7 Å². The zero-order chi connectivity index (χ0) is 14.6. The molecule has 1 amide bonds. The number of carbonyl (C=O) groups excluding carboxylic acids is 1. The molecule has 1 saturated carbocycles. The number of carboxylic acid groups (broad SMARTS) is 1. The van der Waals surface area contributed by atoms with Crippen molar-refractivity contribution < 1.29 is 14.7 Å². The molecule has 0 radical (unpaired) electrons. The fraction of sp³-hybridized carbons (Fsp3) is 0.500. The Labute approximate surface area is 125 Å². The van der Waals surface area contributed by atoms with Gasteiger partial charge in [0.1, 0.15) is 10.1 Å². The molecule has 1 aliphatic rings. The van der Waals surface area contributed by atoms with Gasteiger partial charge in [-0.1, -0.05) is 25.7 Å². The molecule has 6 heteroatoms. The summed E-state index contributed by atoms with van der Waals surface area (Å²) in [5, 5.41) is 12.2. The minimum Gasteiger partial charge on any atom is -0.480 e. The van der Waals surface area contributed by atoms with Gasteiger partial charge in [-0.15, -0.1) is 0 Å². The molecule has 1 aliphatic carbocycles. The second kappa shape index (κ2) is 6.35. The second-order valence-corrected chi connectivity index (χ2v) is 5.94. The Morgan fingerprint density at radius 2 is 1.85 bits per heavy atom. The van der Waals surface area contributed by atoms with E-state index in [1.165, 1.54) is 6.20 Å². The molecule has 2 rings (SSSR count). The van der Waals surface area contributed by atoms with Crippen LogP contribution in [0.25, 0.3) is 0 Å². The van der Waals surface area contributed by atoms with E-state index in [2.05, 4.69) is 26.2 Å². The van der Waals surface area contributed by atoms with Crippen LogP contribution in [0.5, 0.6) is 0 Å². The summed E-state index contributed by atoms with van der Waals surface area (Å²) in [6.07, 6.45) is 6.09. The molecule has 2 N–H and O–H groups in total. The van der Waals surface area contributed by atoms with Crippen molar-refractivity contribution in [2.24, 2.45) is 0 Å². The third kappa shape index (κ3) is 3.36. The number of amides is 1. The van der Waals surface area contributed by atoms with E-state index < -0.39 is 11.5 Å². The van der Waals surface area contributed by atoms with E-state index in [1.807, 2.05) is 0 Å². The van der Waals surface area contributed by atoms with Crippen LogP contribution in [0.15, 0.2) is 22.9 Å². The zero-order valence-corrected chi connectivity index (χ0v) is 12.6. The standard InChI is InChI=1S/C14H17BrN2O3/c15-11-6-5-10(9-16-11)12(18)17-14(13(19)20)7-3-1-2-4-8-14/h5-6,9H,1-4,7-8H2,(H,17,18)(H,19,20). The highest BCUT2D eigenvalue weighted by Gasteiger charge is 2.40. The average Bonchev–Trinajstić information content (AvgIpc) is 2.66. The van der Waals surface area contributed by atoms with Crippen LogP contribution >= 0.6 is 15.9 Å². The number of hydrogen-bond acceptors (Lipinski definition) is 3. The number of carboxylic acids is 1. The molecule has 0 saturated heterocycles. The summed E-state index contributed by atoms with van der Waals surface area (Å²) in [5.74, 6) is -1.33. The number of aromatic nitrogens is 1. The first kappa shape index (κ1) is 15.0. The van der Waals surface area contributed by atoms with Crippen molar-refractivity contribution in [3.8, 4) is 0 Å². The van der Waals surface area contributed by atoms with Gasteiger partial charge in [-0.2, -0.15) is 0 Å². The average molecular weight is 341 g/mol. The molecule has 0 aliphatic heterocycles. The van der Waals surface area contributed by atoms with Crippen LogP contribution in [-0.2, 0) is 4.79 Å². The van der Waals surface area contributed by atoms with Gasteiger partial charge >= 0.3 is 5.97 Å². The summed E-state index contributed by atoms with van der Waals surface area (Å²) >= 11 is 3.20. The SMILES string of the molecule is O=C(NC1(C(=O)O)CCCCCC1)c1ccc(Br)nc1. The van der Waals surface area contributed by atoms with Crippen molar-refractivity contribution in [1.29, 1.82) is 0 Å². The molecular formula is C14H17BrN2O3. The fourth-order valence-corrected chi connectivity index (χ4v) is 2.76. The normalized spacial score (nSPS) is 18.1. The Morgan fingerprint density at radius 3 is 2.35 bits per heavy atom. The first-order valence-corrected chi connectivity index (χ1v) is 7.50. The smallest absolute Gasteiger partial charge is 0.329 e. The minimum atomic E-state index is -1.14. The Morgan fingerprint density at radius 1 is 1.20 bits per heavy atom. The van der Waals surface area contributed by atoms with Gasteiger partial charge in [0.05, 0.1) is 5.56 Å². The first-order valence-electron chi connectivity index (χ1n) is 6.71. The van der Waals surface area contributed by atoms with Crippen molar-refractivity contribution >= 4 is 27.8 Å². The Kier molecular flexibility index (Phi) is 4.75. The Balaban J connectivity index is 2.17. The Hall–Kier alpha value is -1.43. The van der Waals surface area contributed by atoms with Gasteiger partial charge in [0, 0.05) is 6.20 Å². The molecule has 1 fully saturated rings. The number of nitrogens with zero attached hydrogens (tertiary/aromatic N) is 1. The number of nitrogens with one attached hydrogen (secondary N) is 1. The van der Waals surface area contributed by atoms with Crippen LogP contribution in [0.1, 0.15) is 48.9 Å². The number of halogens is 1. The Bertz CT molecular complexity index is 494. The molecule has 1 aromatic rings. The molecule has 0 bridgehead atoms. The molecule has 1 aromatic heterocycles. The van der Waals surface area contributed by atoms with Gasteiger partial charge in [0.15, 0.2) is 0 Å². The van der Waals surface area contributed by atoms with Crippen LogP contribution in [0.4, 0.5) is 0 Å². The van der Waals surface area contributed by atoms with Gasteiger partial charge < -0.3 is 10.4 Å². The highest BCUT2D eigenvalue weighted by molar-refractivity contribution is 9.10. The van der Waals surface area contributed by atoms with Crippen molar-refractivity contribution in [3.05, 3.63) is 28.5 Å². The van der Waals surface area contributed by atoms with Gasteiger partial charge in [0.2, 0.25) is 0 Å². The van der Waals surface area contributed by atoms with Crippen LogP contribution in [-0.4, -0.2) is 27.5 Å². The topological polar surface area (TPSA) is 79.3 Å². The lowest BCUT2D eigenvalue weighted by Crippen LogP contribution is -2.54. The maximum atomic E-state index is 12.2. The summed E-state index contributed by atoms with van der Waals surface area (Å²) in [4.78, 5) is 27.8. The van der Waals surface area contributed by atoms with Crippen LogP contribution < -0.4 is 5.32 Å². The third-order valence-corrected chi connectivity index (χ3v) is 4.18. The van der Waals surface area contributed by atoms with E-state index in [0.717, 1.165) is 25.7 Å². The molecule has 1 heterocycles. The number of aliphatic carboxylic acids is 1. The summed E-state index contributed by atoms with van der Waals surface area (Å²) in [6, 6.07) is 3.29. The number of hydrogen-bond donors (Lipinski definition) is 2. The highest BCUT2D eigenvalue weighted by atomic mass is 79.9. The second-order valence-electron chi connectivity index (χ2n) is 5.13. The molecule has 0 atom stereocenters. The van der Waals surface area contributed by atoms with E-state index in [-0.39, 0.29) is 5.91 Å². The maximum absolute atomic E-state index is 12.2. The molecule has 5 nitrogen and oxygen atoms in total. The summed E-state index contributed by atoms with van der Waals surface area (Å²) in [6.45, 7) is 0. The van der Waals surface area contributed by atoms with E-state index in [0.29, 0.717) is 23.0 Å². The van der Waals surface area contributed by atoms with Crippen molar-refractivity contribution in [2.45, 2.75) is 44.1 Å². The van der Waals surface area contributed by atoms with Crippen LogP contribution in [0, 0.1) is 0 Å². The zero-order valence-electron chi connectivity index (χ0n) is 11.1. The lowest BCUT2D eigenvalue weighted by molar-refractivity contribution is -0.145. The quantitative estimate of drug-likeness (QED) is 0.654. The van der Waals surface area contributed by atoms with Crippen LogP contribution in [0.2, 0.25) is 0 Å². The third-order valence-electron chi connectivity index (χ3n) is 3.71. The number of carbonyl (C=O) groups is 2. The summed E-state index contributed by atoms with van der Waals surface area (Å²) in [7, 11) is 0. The molecule has 0 unspecified atom stereocenters. The lowest BCUT2D eigenvalue weighted by atomic mass is 9.90.